The Bertz CT molecular complexity index is 520. The minimum absolute atomic E-state index is 0.199. The summed E-state index contributed by atoms with van der Waals surface area (Å²) in [4.78, 5) is 4.51. The van der Waals surface area contributed by atoms with E-state index in [2.05, 4.69) is 10.3 Å². The van der Waals surface area contributed by atoms with Crippen LogP contribution in [0, 0.1) is 11.7 Å². The highest BCUT2D eigenvalue weighted by Crippen LogP contribution is 2.26. The zero-order valence-corrected chi connectivity index (χ0v) is 10.1. The Morgan fingerprint density at radius 2 is 2.18 bits per heavy atom. The van der Waals surface area contributed by atoms with Gasteiger partial charge in [0.1, 0.15) is 5.82 Å². The van der Waals surface area contributed by atoms with Gasteiger partial charge < -0.3 is 5.32 Å². The standard InChI is InChI=1S/C13H13FN2S/c14-11-4-2-1-3-10(11)12-8-17-13(16-12)5-9-6-15-7-9/h1-4,8-9,15H,5-7H2. The zero-order valence-electron chi connectivity index (χ0n) is 9.32. The summed E-state index contributed by atoms with van der Waals surface area (Å²) >= 11 is 1.63. The van der Waals surface area contributed by atoms with Gasteiger partial charge in [0.25, 0.3) is 0 Å². The molecule has 1 N–H and O–H groups in total. The molecule has 0 atom stereocenters. The second-order valence-electron chi connectivity index (χ2n) is 4.33. The Labute approximate surface area is 104 Å². The number of halogens is 1. The first-order chi connectivity index (χ1) is 8.33. The van der Waals surface area contributed by atoms with Gasteiger partial charge in [-0.3, -0.25) is 0 Å². The largest absolute Gasteiger partial charge is 0.316 e. The van der Waals surface area contributed by atoms with Crippen molar-refractivity contribution < 1.29 is 4.39 Å². The van der Waals surface area contributed by atoms with Crippen LogP contribution in [0.4, 0.5) is 4.39 Å². The molecule has 0 amide bonds. The summed E-state index contributed by atoms with van der Waals surface area (Å²) < 4.78 is 13.6. The minimum Gasteiger partial charge on any atom is -0.316 e. The maximum atomic E-state index is 13.6. The molecular weight excluding hydrogens is 235 g/mol. The third kappa shape index (κ3) is 2.23. The quantitative estimate of drug-likeness (QED) is 0.903. The molecule has 1 aromatic heterocycles. The molecule has 1 fully saturated rings. The van der Waals surface area contributed by atoms with E-state index >= 15 is 0 Å². The Kier molecular flexibility index (Phi) is 2.91. The number of rotatable bonds is 3. The van der Waals surface area contributed by atoms with Crippen LogP contribution >= 0.6 is 11.3 Å². The number of hydrogen-bond donors (Lipinski definition) is 1. The van der Waals surface area contributed by atoms with Crippen LogP contribution in [0.5, 0.6) is 0 Å². The number of aromatic nitrogens is 1. The van der Waals surface area contributed by atoms with Crippen molar-refractivity contribution in [3.63, 3.8) is 0 Å². The maximum Gasteiger partial charge on any atom is 0.132 e. The van der Waals surface area contributed by atoms with Crippen LogP contribution in [0.1, 0.15) is 5.01 Å². The van der Waals surface area contributed by atoms with Crippen LogP contribution in [0.15, 0.2) is 29.6 Å². The fraction of sp³-hybridized carbons (Fsp3) is 0.308. The van der Waals surface area contributed by atoms with Crippen LogP contribution in [0.25, 0.3) is 11.3 Å². The van der Waals surface area contributed by atoms with E-state index in [4.69, 9.17) is 0 Å². The third-order valence-electron chi connectivity index (χ3n) is 3.03. The predicted octanol–water partition coefficient (Wildman–Crippen LogP) is 2.71. The molecule has 2 heterocycles. The number of nitrogens with one attached hydrogen (secondary N) is 1. The van der Waals surface area contributed by atoms with Crippen molar-refractivity contribution in [3.05, 3.63) is 40.5 Å². The average Bonchev–Trinajstić information content (AvgIpc) is 2.73. The topological polar surface area (TPSA) is 24.9 Å². The lowest BCUT2D eigenvalue weighted by atomic mass is 10.0. The predicted molar refractivity (Wildman–Crippen MR) is 67.6 cm³/mol. The molecule has 0 aliphatic carbocycles. The van der Waals surface area contributed by atoms with Crippen molar-refractivity contribution in [2.75, 3.05) is 13.1 Å². The summed E-state index contributed by atoms with van der Waals surface area (Å²) in [6.45, 7) is 2.16. The van der Waals surface area contributed by atoms with Crippen molar-refractivity contribution in [2.24, 2.45) is 5.92 Å². The van der Waals surface area contributed by atoms with Gasteiger partial charge in [0.05, 0.1) is 10.7 Å². The molecule has 0 spiro atoms. The molecule has 2 nitrogen and oxygen atoms in total. The van der Waals surface area contributed by atoms with Gasteiger partial charge in [-0.1, -0.05) is 12.1 Å². The zero-order chi connectivity index (χ0) is 11.7. The SMILES string of the molecule is Fc1ccccc1-c1csc(CC2CNC2)n1. The van der Waals surface area contributed by atoms with Crippen molar-refractivity contribution in [1.29, 1.82) is 0 Å². The van der Waals surface area contributed by atoms with E-state index < -0.39 is 0 Å². The van der Waals surface area contributed by atoms with Crippen LogP contribution in [-0.2, 0) is 6.42 Å². The molecular formula is C13H13FN2S. The van der Waals surface area contributed by atoms with Crippen molar-refractivity contribution in [2.45, 2.75) is 6.42 Å². The van der Waals surface area contributed by atoms with E-state index in [1.165, 1.54) is 6.07 Å². The fourth-order valence-corrected chi connectivity index (χ4v) is 2.85. The lowest BCUT2D eigenvalue weighted by Crippen LogP contribution is -2.43. The highest BCUT2D eigenvalue weighted by Gasteiger charge is 2.19. The molecule has 0 saturated carbocycles. The van der Waals surface area contributed by atoms with Gasteiger partial charge in [0.15, 0.2) is 0 Å². The molecule has 0 unspecified atom stereocenters. The Balaban J connectivity index is 1.82. The van der Waals surface area contributed by atoms with Gasteiger partial charge in [0, 0.05) is 17.4 Å². The van der Waals surface area contributed by atoms with Crippen LogP contribution in [-0.4, -0.2) is 18.1 Å². The van der Waals surface area contributed by atoms with E-state index in [0.717, 1.165) is 30.2 Å². The summed E-state index contributed by atoms with van der Waals surface area (Å²) in [6, 6.07) is 6.79. The maximum absolute atomic E-state index is 13.6. The van der Waals surface area contributed by atoms with Crippen LogP contribution in [0.3, 0.4) is 0 Å². The van der Waals surface area contributed by atoms with E-state index in [9.17, 15) is 4.39 Å². The summed E-state index contributed by atoms with van der Waals surface area (Å²) in [5.41, 5.74) is 1.36. The average molecular weight is 248 g/mol. The molecule has 3 rings (SSSR count). The van der Waals surface area contributed by atoms with Gasteiger partial charge in [-0.2, -0.15) is 0 Å². The highest BCUT2D eigenvalue weighted by atomic mass is 32.1. The van der Waals surface area contributed by atoms with Gasteiger partial charge in [-0.05, 0) is 31.1 Å². The van der Waals surface area contributed by atoms with Crippen molar-refractivity contribution in [3.8, 4) is 11.3 Å². The van der Waals surface area contributed by atoms with Gasteiger partial charge in [0.2, 0.25) is 0 Å². The molecule has 17 heavy (non-hydrogen) atoms. The number of hydrogen-bond acceptors (Lipinski definition) is 3. The monoisotopic (exact) mass is 248 g/mol. The molecule has 1 saturated heterocycles. The second-order valence-corrected chi connectivity index (χ2v) is 5.28. The summed E-state index contributed by atoms with van der Waals surface area (Å²) in [6.07, 6.45) is 1.01. The highest BCUT2D eigenvalue weighted by molar-refractivity contribution is 7.09. The number of benzene rings is 1. The molecule has 1 aliphatic rings. The lowest BCUT2D eigenvalue weighted by Gasteiger charge is -2.25. The fourth-order valence-electron chi connectivity index (χ4n) is 1.94. The van der Waals surface area contributed by atoms with Gasteiger partial charge in [-0.25, -0.2) is 9.37 Å². The second kappa shape index (κ2) is 4.55. The lowest BCUT2D eigenvalue weighted by molar-refractivity contribution is 0.346. The Morgan fingerprint density at radius 3 is 2.88 bits per heavy atom. The summed E-state index contributed by atoms with van der Waals surface area (Å²) in [5.74, 6) is 0.504. The summed E-state index contributed by atoms with van der Waals surface area (Å²) in [7, 11) is 0. The van der Waals surface area contributed by atoms with Gasteiger partial charge in [-0.15, -0.1) is 11.3 Å². The normalized spacial score (nSPS) is 15.8. The Hall–Kier alpha value is -1.26. The Morgan fingerprint density at radius 1 is 1.35 bits per heavy atom. The van der Waals surface area contributed by atoms with Crippen LogP contribution < -0.4 is 5.32 Å². The van der Waals surface area contributed by atoms with E-state index in [-0.39, 0.29) is 5.82 Å². The number of thiazole rings is 1. The summed E-state index contributed by atoms with van der Waals surface area (Å²) in [5, 5.41) is 6.30. The van der Waals surface area contributed by atoms with E-state index in [0.29, 0.717) is 11.5 Å². The molecule has 4 heteroatoms. The molecule has 88 valence electrons. The van der Waals surface area contributed by atoms with Gasteiger partial charge >= 0.3 is 0 Å². The van der Waals surface area contributed by atoms with Crippen LogP contribution in [0.2, 0.25) is 0 Å². The molecule has 2 aromatic rings. The molecule has 0 bridgehead atoms. The molecule has 1 aliphatic heterocycles. The first kappa shape index (κ1) is 10.9. The van der Waals surface area contributed by atoms with E-state index in [1.54, 1.807) is 23.5 Å². The van der Waals surface area contributed by atoms with E-state index in [1.807, 2.05) is 11.4 Å². The van der Waals surface area contributed by atoms with Crippen molar-refractivity contribution >= 4 is 11.3 Å². The first-order valence-corrected chi connectivity index (χ1v) is 6.61. The molecule has 1 aromatic carbocycles. The first-order valence-electron chi connectivity index (χ1n) is 5.73. The third-order valence-corrected chi connectivity index (χ3v) is 3.90. The molecule has 0 radical (unpaired) electrons. The number of nitrogens with zero attached hydrogens (tertiary/aromatic N) is 1. The minimum atomic E-state index is -0.199. The smallest absolute Gasteiger partial charge is 0.132 e. The van der Waals surface area contributed by atoms with Crippen molar-refractivity contribution in [1.82, 2.24) is 10.3 Å².